The van der Waals surface area contributed by atoms with Crippen molar-refractivity contribution in [2.45, 2.75) is 18.1 Å². The maximum absolute atomic E-state index is 12.3. The third kappa shape index (κ3) is 2.20. The molecular formula is C13H9F3NO4-. The lowest BCUT2D eigenvalue weighted by Crippen LogP contribution is -2.39. The molecule has 21 heavy (non-hydrogen) atoms. The number of ether oxygens (including phenoxy) is 1. The van der Waals surface area contributed by atoms with Gasteiger partial charge in [-0.25, -0.2) is 0 Å². The van der Waals surface area contributed by atoms with Gasteiger partial charge in [-0.15, -0.1) is 0 Å². The van der Waals surface area contributed by atoms with Gasteiger partial charge in [0.25, 0.3) is 0 Å². The van der Waals surface area contributed by atoms with Crippen molar-refractivity contribution in [1.29, 1.82) is 0 Å². The fraction of sp³-hybridized carbons (Fsp3) is 0.385. The van der Waals surface area contributed by atoms with Gasteiger partial charge >= 0.3 is 12.1 Å². The molecule has 3 rings (SSSR count). The van der Waals surface area contributed by atoms with Gasteiger partial charge in [-0.3, -0.25) is 4.79 Å². The molecule has 1 aliphatic carbocycles. The molecule has 3 unspecified atom stereocenters. The number of nitrogens with one attached hydrogen (secondary N) is 1. The minimum atomic E-state index is -4.94. The van der Waals surface area contributed by atoms with E-state index in [1.807, 2.05) is 5.32 Å². The quantitative estimate of drug-likeness (QED) is 0.846. The lowest BCUT2D eigenvalue weighted by molar-refractivity contribution is -0.255. The molecule has 0 bridgehead atoms. The van der Waals surface area contributed by atoms with Gasteiger partial charge in [-0.2, -0.15) is 13.2 Å². The number of halogens is 3. The first-order valence-electron chi connectivity index (χ1n) is 6.15. The second-order valence-corrected chi connectivity index (χ2v) is 5.01. The number of carboxylic acid groups (broad SMARTS) is 1. The molecule has 1 aromatic rings. The molecule has 112 valence electrons. The number of hydrogen-bond acceptors (Lipinski definition) is 4. The topological polar surface area (TPSA) is 78.5 Å². The fourth-order valence-electron chi connectivity index (χ4n) is 2.75. The van der Waals surface area contributed by atoms with E-state index < -0.39 is 24.1 Å². The molecule has 3 atom stereocenters. The van der Waals surface area contributed by atoms with Crippen molar-refractivity contribution < 1.29 is 32.6 Å². The van der Waals surface area contributed by atoms with E-state index in [1.165, 1.54) is 12.1 Å². The molecule has 0 aromatic heterocycles. The third-order valence-corrected chi connectivity index (χ3v) is 3.77. The Morgan fingerprint density at radius 2 is 2.05 bits per heavy atom. The van der Waals surface area contributed by atoms with E-state index in [0.29, 0.717) is 5.56 Å². The number of rotatable bonds is 2. The summed E-state index contributed by atoms with van der Waals surface area (Å²) in [5.74, 6) is -3.94. The summed E-state index contributed by atoms with van der Waals surface area (Å²) in [6.45, 7) is 0.0603. The van der Waals surface area contributed by atoms with E-state index in [1.54, 1.807) is 6.07 Å². The predicted molar refractivity (Wildman–Crippen MR) is 60.5 cm³/mol. The Kier molecular flexibility index (Phi) is 2.86. The van der Waals surface area contributed by atoms with Crippen LogP contribution in [0, 0.1) is 5.92 Å². The Labute approximate surface area is 116 Å². The molecule has 1 fully saturated rings. The minimum Gasteiger partial charge on any atom is -0.545 e. The van der Waals surface area contributed by atoms with Crippen LogP contribution in [-0.2, 0) is 4.79 Å². The van der Waals surface area contributed by atoms with Gasteiger partial charge in [-0.1, -0.05) is 12.1 Å². The van der Waals surface area contributed by atoms with Crippen LogP contribution in [0.1, 0.15) is 21.8 Å². The number of carbonyl (C=O) groups is 2. The van der Waals surface area contributed by atoms with E-state index in [9.17, 15) is 27.9 Å². The number of alkyl halides is 3. The molecule has 1 aromatic carbocycles. The van der Waals surface area contributed by atoms with Crippen LogP contribution in [0.3, 0.4) is 0 Å². The molecule has 0 radical (unpaired) electrons. The van der Waals surface area contributed by atoms with Gasteiger partial charge in [0.05, 0.1) is 12.6 Å². The Bertz CT molecular complexity index is 628. The van der Waals surface area contributed by atoms with Crippen LogP contribution in [0.5, 0.6) is 5.75 Å². The highest BCUT2D eigenvalue weighted by Crippen LogP contribution is 2.54. The maximum atomic E-state index is 12.3. The zero-order valence-electron chi connectivity index (χ0n) is 10.4. The molecule has 0 saturated heterocycles. The van der Waals surface area contributed by atoms with Gasteiger partial charge < -0.3 is 20.0 Å². The number of para-hydroxylation sites is 1. The summed E-state index contributed by atoms with van der Waals surface area (Å²) in [4.78, 5) is 21.9. The number of aromatic carboxylic acids is 1. The second kappa shape index (κ2) is 4.37. The van der Waals surface area contributed by atoms with Crippen LogP contribution >= 0.6 is 0 Å². The summed E-state index contributed by atoms with van der Waals surface area (Å²) in [6, 6.07) is 3.66. The van der Waals surface area contributed by atoms with Crippen LogP contribution in [-0.4, -0.2) is 30.7 Å². The third-order valence-electron chi connectivity index (χ3n) is 3.77. The maximum Gasteiger partial charge on any atom is 0.471 e. The fourth-order valence-corrected chi connectivity index (χ4v) is 2.75. The highest BCUT2D eigenvalue weighted by molar-refractivity contribution is 5.90. The second-order valence-electron chi connectivity index (χ2n) is 5.01. The van der Waals surface area contributed by atoms with Crippen LogP contribution in [0.15, 0.2) is 18.2 Å². The van der Waals surface area contributed by atoms with E-state index >= 15 is 0 Å². The molecule has 5 nitrogen and oxygen atoms in total. The first-order chi connectivity index (χ1) is 9.80. The Morgan fingerprint density at radius 1 is 1.33 bits per heavy atom. The van der Waals surface area contributed by atoms with E-state index in [2.05, 4.69) is 0 Å². The summed E-state index contributed by atoms with van der Waals surface area (Å²) < 4.78 is 42.1. The van der Waals surface area contributed by atoms with Crippen molar-refractivity contribution in [2.24, 2.45) is 5.92 Å². The monoisotopic (exact) mass is 300 g/mol. The smallest absolute Gasteiger partial charge is 0.471 e. The van der Waals surface area contributed by atoms with E-state index in [4.69, 9.17) is 4.74 Å². The van der Waals surface area contributed by atoms with Gasteiger partial charge in [0, 0.05) is 29.0 Å². The van der Waals surface area contributed by atoms with Crippen molar-refractivity contribution in [1.82, 2.24) is 5.32 Å². The highest BCUT2D eigenvalue weighted by Gasteiger charge is 2.57. The van der Waals surface area contributed by atoms with E-state index in [-0.39, 0.29) is 29.8 Å². The van der Waals surface area contributed by atoms with Crippen LogP contribution in [0.25, 0.3) is 0 Å². The first-order valence-corrected chi connectivity index (χ1v) is 6.15. The predicted octanol–water partition coefficient (Wildman–Crippen LogP) is 0.203. The average Bonchev–Trinajstić information content (AvgIpc) is 3.10. The molecule has 1 heterocycles. The number of hydrogen-bond donors (Lipinski definition) is 1. The van der Waals surface area contributed by atoms with Crippen molar-refractivity contribution in [3.05, 3.63) is 29.3 Å². The van der Waals surface area contributed by atoms with Crippen LogP contribution in [0.4, 0.5) is 13.2 Å². The first kappa shape index (κ1) is 13.7. The molecule has 1 saturated carbocycles. The van der Waals surface area contributed by atoms with Gasteiger partial charge in [0.15, 0.2) is 0 Å². The number of amides is 1. The zero-order valence-corrected chi connectivity index (χ0v) is 10.4. The molecule has 2 aliphatic rings. The SMILES string of the molecule is O=C([O-])c1cccc2c1OCC1C(NC(=O)C(F)(F)F)C21. The molecule has 1 N–H and O–H groups in total. The molecule has 0 spiro atoms. The molecule has 8 heteroatoms. The Balaban J connectivity index is 1.84. The lowest BCUT2D eigenvalue weighted by Gasteiger charge is -2.19. The summed E-state index contributed by atoms with van der Waals surface area (Å²) in [5, 5.41) is 12.9. The summed E-state index contributed by atoms with van der Waals surface area (Å²) in [6.07, 6.45) is -4.94. The number of carboxylic acids is 1. The summed E-state index contributed by atoms with van der Waals surface area (Å²) in [7, 11) is 0. The highest BCUT2D eigenvalue weighted by atomic mass is 19.4. The van der Waals surface area contributed by atoms with Crippen molar-refractivity contribution >= 4 is 11.9 Å². The van der Waals surface area contributed by atoms with Gasteiger partial charge in [0.2, 0.25) is 0 Å². The lowest BCUT2D eigenvalue weighted by atomic mass is 10.0. The zero-order chi connectivity index (χ0) is 15.4. The molecule has 1 amide bonds. The Morgan fingerprint density at radius 3 is 2.67 bits per heavy atom. The van der Waals surface area contributed by atoms with Crippen molar-refractivity contribution in [2.75, 3.05) is 6.61 Å². The van der Waals surface area contributed by atoms with E-state index in [0.717, 1.165) is 0 Å². The molecular weight excluding hydrogens is 291 g/mol. The average molecular weight is 300 g/mol. The van der Waals surface area contributed by atoms with Crippen LogP contribution < -0.4 is 15.2 Å². The molecule has 1 aliphatic heterocycles. The minimum absolute atomic E-state index is 0.0603. The summed E-state index contributed by atoms with van der Waals surface area (Å²) in [5.41, 5.74) is 0.346. The normalized spacial score (nSPS) is 26.1. The van der Waals surface area contributed by atoms with Crippen LogP contribution in [0.2, 0.25) is 0 Å². The number of carbonyl (C=O) groups excluding carboxylic acids is 2. The van der Waals surface area contributed by atoms with Crippen molar-refractivity contribution in [3.63, 3.8) is 0 Å². The largest absolute Gasteiger partial charge is 0.545 e. The number of benzene rings is 1. The van der Waals surface area contributed by atoms with Gasteiger partial charge in [0.1, 0.15) is 5.75 Å². The van der Waals surface area contributed by atoms with Crippen molar-refractivity contribution in [3.8, 4) is 5.75 Å². The van der Waals surface area contributed by atoms with Gasteiger partial charge in [-0.05, 0) is 6.07 Å². The number of fused-ring (bicyclic) bond motifs is 3. The standard InChI is InChI=1S/C13H10F3NO4/c14-13(15,16)12(20)17-9-7-4-21-10-5(8(7)9)2-1-3-6(10)11(18)19/h1-3,7-9H,4H2,(H,17,20)(H,18,19)/p-1. The Hall–Kier alpha value is -2.25. The summed E-state index contributed by atoms with van der Waals surface area (Å²) >= 11 is 0.